The van der Waals surface area contributed by atoms with Crippen molar-refractivity contribution in [2.75, 3.05) is 4.90 Å². The Labute approximate surface area is 261 Å². The van der Waals surface area contributed by atoms with Crippen LogP contribution >= 0.6 is 11.3 Å². The average Bonchev–Trinajstić information content (AvgIpc) is 3.49. The predicted molar refractivity (Wildman–Crippen MR) is 190 cm³/mol. The molecule has 0 atom stereocenters. The molecule has 0 saturated carbocycles. The van der Waals surface area contributed by atoms with E-state index in [1.807, 2.05) is 11.3 Å². The van der Waals surface area contributed by atoms with E-state index in [-0.39, 0.29) is 0 Å². The minimum atomic E-state index is 1.12. The van der Waals surface area contributed by atoms with Gasteiger partial charge in [-0.15, -0.1) is 11.3 Å². The molecule has 0 radical (unpaired) electrons. The fourth-order valence-electron chi connectivity index (χ4n) is 6.10. The Kier molecular flexibility index (Phi) is 6.75. The lowest BCUT2D eigenvalue weighted by molar-refractivity contribution is 1.28. The Hall–Kier alpha value is -5.44. The monoisotopic (exact) mass is 579 g/mol. The number of nitrogens with zero attached hydrogens (tertiary/aromatic N) is 1. The number of thiophene rings is 1. The summed E-state index contributed by atoms with van der Waals surface area (Å²) in [4.78, 5) is 2.32. The molecule has 0 aliphatic carbocycles. The second kappa shape index (κ2) is 11.3. The highest BCUT2D eigenvalue weighted by Gasteiger charge is 2.14. The van der Waals surface area contributed by atoms with Crippen molar-refractivity contribution in [2.24, 2.45) is 0 Å². The zero-order valence-corrected chi connectivity index (χ0v) is 24.9. The van der Waals surface area contributed by atoms with Crippen LogP contribution in [0.1, 0.15) is 0 Å². The lowest BCUT2D eigenvalue weighted by atomic mass is 9.97. The van der Waals surface area contributed by atoms with Gasteiger partial charge in [-0.1, -0.05) is 127 Å². The molecule has 0 N–H and O–H groups in total. The van der Waals surface area contributed by atoms with Crippen molar-refractivity contribution in [3.8, 4) is 33.4 Å². The van der Waals surface area contributed by atoms with E-state index in [2.05, 4.69) is 181 Å². The maximum atomic E-state index is 2.32. The van der Waals surface area contributed by atoms with E-state index in [1.54, 1.807) is 0 Å². The van der Waals surface area contributed by atoms with Gasteiger partial charge in [-0.05, 0) is 81.9 Å². The fourth-order valence-corrected chi connectivity index (χ4v) is 7.34. The summed E-state index contributed by atoms with van der Waals surface area (Å²) >= 11 is 1.88. The highest BCUT2D eigenvalue weighted by atomic mass is 32.1. The van der Waals surface area contributed by atoms with E-state index in [1.165, 1.54) is 53.6 Å². The molecule has 0 bridgehead atoms. The molecule has 0 aliphatic rings. The maximum Gasteiger partial charge on any atom is 0.0462 e. The second-order valence-corrected chi connectivity index (χ2v) is 12.0. The van der Waals surface area contributed by atoms with Gasteiger partial charge in [0.05, 0.1) is 0 Å². The summed E-state index contributed by atoms with van der Waals surface area (Å²) in [5.41, 5.74) is 10.8. The maximum absolute atomic E-state index is 2.32. The van der Waals surface area contributed by atoms with Gasteiger partial charge in [0.1, 0.15) is 0 Å². The number of para-hydroxylation sites is 1. The first kappa shape index (κ1) is 26.2. The van der Waals surface area contributed by atoms with Gasteiger partial charge in [-0.3, -0.25) is 0 Å². The average molecular weight is 580 g/mol. The molecule has 208 valence electrons. The molecule has 1 heterocycles. The van der Waals surface area contributed by atoms with Crippen molar-refractivity contribution in [3.05, 3.63) is 176 Å². The molecular formula is C42H29NS. The Balaban J connectivity index is 1.14. The van der Waals surface area contributed by atoms with Crippen LogP contribution in [0.15, 0.2) is 176 Å². The van der Waals surface area contributed by atoms with Crippen molar-refractivity contribution in [1.29, 1.82) is 0 Å². The van der Waals surface area contributed by atoms with Crippen molar-refractivity contribution in [3.63, 3.8) is 0 Å². The number of anilines is 3. The van der Waals surface area contributed by atoms with E-state index in [9.17, 15) is 0 Å². The van der Waals surface area contributed by atoms with Crippen molar-refractivity contribution in [1.82, 2.24) is 0 Å². The summed E-state index contributed by atoms with van der Waals surface area (Å²) < 4.78 is 2.68. The highest BCUT2D eigenvalue weighted by Crippen LogP contribution is 2.41. The Bertz CT molecular complexity index is 2200. The first-order chi connectivity index (χ1) is 21.8. The number of fused-ring (bicyclic) bond motifs is 3. The molecule has 44 heavy (non-hydrogen) atoms. The van der Waals surface area contributed by atoms with Crippen LogP contribution in [0.5, 0.6) is 0 Å². The first-order valence-corrected chi connectivity index (χ1v) is 15.8. The zero-order valence-electron chi connectivity index (χ0n) is 24.1. The smallest absolute Gasteiger partial charge is 0.0462 e. The summed E-state index contributed by atoms with van der Waals surface area (Å²) in [5.74, 6) is 0. The predicted octanol–water partition coefficient (Wildman–Crippen LogP) is 12.5. The van der Waals surface area contributed by atoms with Crippen LogP contribution < -0.4 is 4.90 Å². The summed E-state index contributed by atoms with van der Waals surface area (Å²) in [7, 11) is 0. The molecule has 0 aliphatic heterocycles. The molecule has 0 fully saturated rings. The molecule has 0 spiro atoms. The van der Waals surface area contributed by atoms with E-state index >= 15 is 0 Å². The first-order valence-electron chi connectivity index (χ1n) is 14.9. The minimum Gasteiger partial charge on any atom is -0.311 e. The van der Waals surface area contributed by atoms with Gasteiger partial charge in [-0.2, -0.15) is 0 Å². The molecule has 8 aromatic rings. The molecule has 2 heteroatoms. The number of hydrogen-bond donors (Lipinski definition) is 0. The van der Waals surface area contributed by atoms with E-state index < -0.39 is 0 Å². The molecular weight excluding hydrogens is 551 g/mol. The van der Waals surface area contributed by atoms with Gasteiger partial charge in [0.25, 0.3) is 0 Å². The second-order valence-electron chi connectivity index (χ2n) is 11.0. The quantitative estimate of drug-likeness (QED) is 0.189. The van der Waals surface area contributed by atoms with Crippen LogP contribution in [-0.2, 0) is 0 Å². The molecule has 0 saturated heterocycles. The molecule has 0 unspecified atom stereocenters. The lowest BCUT2D eigenvalue weighted by Gasteiger charge is -2.26. The van der Waals surface area contributed by atoms with Gasteiger partial charge < -0.3 is 4.90 Å². The third kappa shape index (κ3) is 4.86. The molecule has 7 aromatic carbocycles. The van der Waals surface area contributed by atoms with Crippen LogP contribution in [0.3, 0.4) is 0 Å². The van der Waals surface area contributed by atoms with E-state index in [4.69, 9.17) is 0 Å². The van der Waals surface area contributed by atoms with Crippen molar-refractivity contribution in [2.45, 2.75) is 0 Å². The number of rotatable bonds is 6. The fraction of sp³-hybridized carbons (Fsp3) is 0. The van der Waals surface area contributed by atoms with Gasteiger partial charge in [0, 0.05) is 37.2 Å². The van der Waals surface area contributed by atoms with Gasteiger partial charge in [0.2, 0.25) is 0 Å². The van der Waals surface area contributed by atoms with Crippen LogP contribution in [-0.4, -0.2) is 0 Å². The van der Waals surface area contributed by atoms with E-state index in [0.29, 0.717) is 0 Å². The standard InChI is InChI=1S/C42H29NS/c1-3-11-30(12-4-1)31-21-25-36(26-22-31)43(35-15-5-2-6-16-35)37-27-23-32(24-28-37)33-13-9-14-34(29-33)38-18-10-19-40-39-17-7-8-20-41(39)44-42(38)40/h1-29H. The van der Waals surface area contributed by atoms with Gasteiger partial charge in [0.15, 0.2) is 0 Å². The van der Waals surface area contributed by atoms with Crippen molar-refractivity contribution >= 4 is 48.6 Å². The third-order valence-corrected chi connectivity index (χ3v) is 9.50. The topological polar surface area (TPSA) is 3.24 Å². The Morgan fingerprint density at radius 3 is 1.57 bits per heavy atom. The zero-order chi connectivity index (χ0) is 29.3. The summed E-state index contributed by atoms with van der Waals surface area (Å²) in [6, 6.07) is 63.2. The Morgan fingerprint density at radius 2 is 0.841 bits per heavy atom. The molecule has 1 aromatic heterocycles. The SMILES string of the molecule is c1ccc(-c2ccc(N(c3ccccc3)c3ccc(-c4cccc(-c5cccc6c5sc5ccccc56)c4)cc3)cc2)cc1. The largest absolute Gasteiger partial charge is 0.311 e. The molecule has 1 nitrogen and oxygen atoms in total. The van der Waals surface area contributed by atoms with Gasteiger partial charge in [-0.25, -0.2) is 0 Å². The highest BCUT2D eigenvalue weighted by molar-refractivity contribution is 7.26. The number of hydrogen-bond acceptors (Lipinski definition) is 2. The van der Waals surface area contributed by atoms with Crippen molar-refractivity contribution < 1.29 is 0 Å². The van der Waals surface area contributed by atoms with Crippen LogP contribution in [0.25, 0.3) is 53.6 Å². The normalized spacial score (nSPS) is 11.2. The lowest BCUT2D eigenvalue weighted by Crippen LogP contribution is -2.09. The molecule has 8 rings (SSSR count). The van der Waals surface area contributed by atoms with Gasteiger partial charge >= 0.3 is 0 Å². The minimum absolute atomic E-state index is 1.12. The summed E-state index contributed by atoms with van der Waals surface area (Å²) in [5, 5.41) is 2.66. The number of benzene rings is 7. The third-order valence-electron chi connectivity index (χ3n) is 8.28. The Morgan fingerprint density at radius 1 is 0.341 bits per heavy atom. The van der Waals surface area contributed by atoms with Crippen LogP contribution in [0.2, 0.25) is 0 Å². The van der Waals surface area contributed by atoms with Crippen LogP contribution in [0, 0.1) is 0 Å². The summed E-state index contributed by atoms with van der Waals surface area (Å²) in [6.07, 6.45) is 0. The molecule has 0 amide bonds. The van der Waals surface area contributed by atoms with Crippen LogP contribution in [0.4, 0.5) is 17.1 Å². The summed E-state index contributed by atoms with van der Waals surface area (Å²) in [6.45, 7) is 0. The van der Waals surface area contributed by atoms with E-state index in [0.717, 1.165) is 17.1 Å².